The molecule has 3 N–H and O–H groups in total. The van der Waals surface area contributed by atoms with Crippen molar-refractivity contribution in [3.8, 4) is 16.9 Å². The highest BCUT2D eigenvalue weighted by molar-refractivity contribution is 6.00. The van der Waals surface area contributed by atoms with E-state index in [9.17, 15) is 8.78 Å². The Kier molecular flexibility index (Phi) is 5.64. The Morgan fingerprint density at radius 1 is 1.29 bits per heavy atom. The summed E-state index contributed by atoms with van der Waals surface area (Å²) in [6.07, 6.45) is 1.52. The molecule has 0 aliphatic rings. The van der Waals surface area contributed by atoms with Crippen molar-refractivity contribution >= 4 is 22.3 Å². The number of rotatable bonds is 7. The van der Waals surface area contributed by atoms with Gasteiger partial charge in [-0.2, -0.15) is 8.78 Å². The number of methoxy groups -OCH3 is 1. The lowest BCUT2D eigenvalue weighted by Crippen LogP contribution is -2.23. The van der Waals surface area contributed by atoms with Gasteiger partial charge >= 0.3 is 6.61 Å². The fourth-order valence-electron chi connectivity index (χ4n) is 3.13. The fourth-order valence-corrected chi connectivity index (χ4v) is 3.13. The van der Waals surface area contributed by atoms with Gasteiger partial charge < -0.3 is 25.0 Å². The summed E-state index contributed by atoms with van der Waals surface area (Å²) in [6.45, 7) is 2.41. The van der Waals surface area contributed by atoms with Gasteiger partial charge in [-0.25, -0.2) is 0 Å². The van der Waals surface area contributed by atoms with Crippen molar-refractivity contribution in [2.45, 2.75) is 33.4 Å². The first-order valence-electron chi connectivity index (χ1n) is 8.67. The standard InChI is InChI=1S/C19H22F2N4O3/c1-9(8-27-19(20)21)24-18-12-6-16(26-4)13(5-15(12)23-7-14(18)22)17-10(2)25-28-11(17)3/h5-7,9,19H,8,22H2,1-4H3,(H,23,24)/t9-/m1/s1. The van der Waals surface area contributed by atoms with E-state index in [4.69, 9.17) is 15.0 Å². The first-order valence-corrected chi connectivity index (χ1v) is 8.67. The van der Waals surface area contributed by atoms with E-state index in [1.807, 2.05) is 26.0 Å². The Bertz CT molecular complexity index is 971. The number of nitrogens with zero attached hydrogens (tertiary/aromatic N) is 2. The second kappa shape index (κ2) is 7.97. The van der Waals surface area contributed by atoms with E-state index in [1.54, 1.807) is 14.0 Å². The molecule has 0 aliphatic heterocycles. The Balaban J connectivity index is 2.08. The molecular formula is C19H22F2N4O3. The Hall–Kier alpha value is -2.94. The number of nitrogens with one attached hydrogen (secondary N) is 1. The van der Waals surface area contributed by atoms with Crippen LogP contribution in [0.5, 0.6) is 5.75 Å². The molecule has 0 unspecified atom stereocenters. The molecule has 150 valence electrons. The van der Waals surface area contributed by atoms with Crippen LogP contribution in [-0.2, 0) is 4.74 Å². The van der Waals surface area contributed by atoms with Crippen LogP contribution < -0.4 is 15.8 Å². The second-order valence-electron chi connectivity index (χ2n) is 6.50. The lowest BCUT2D eigenvalue weighted by molar-refractivity contribution is -0.130. The maximum atomic E-state index is 12.3. The van der Waals surface area contributed by atoms with Gasteiger partial charge in [0.15, 0.2) is 0 Å². The van der Waals surface area contributed by atoms with Crippen LogP contribution in [0.1, 0.15) is 18.4 Å². The molecule has 28 heavy (non-hydrogen) atoms. The van der Waals surface area contributed by atoms with Crippen LogP contribution >= 0.6 is 0 Å². The molecule has 0 bridgehead atoms. The number of hydrogen-bond acceptors (Lipinski definition) is 7. The molecule has 2 aromatic heterocycles. The smallest absolute Gasteiger partial charge is 0.345 e. The van der Waals surface area contributed by atoms with Crippen LogP contribution in [0.15, 0.2) is 22.9 Å². The summed E-state index contributed by atoms with van der Waals surface area (Å²) in [6, 6.07) is 3.28. The highest BCUT2D eigenvalue weighted by Gasteiger charge is 2.19. The predicted octanol–water partition coefficient (Wildman–Crippen LogP) is 4.14. The van der Waals surface area contributed by atoms with Crippen molar-refractivity contribution in [2.24, 2.45) is 0 Å². The van der Waals surface area contributed by atoms with Gasteiger partial charge in [-0.1, -0.05) is 5.16 Å². The molecule has 0 radical (unpaired) electrons. The Labute approximate surface area is 160 Å². The van der Waals surface area contributed by atoms with E-state index in [0.29, 0.717) is 33.8 Å². The Morgan fingerprint density at radius 2 is 2.04 bits per heavy atom. The van der Waals surface area contributed by atoms with E-state index in [0.717, 1.165) is 16.8 Å². The average molecular weight is 392 g/mol. The van der Waals surface area contributed by atoms with Gasteiger partial charge in [-0.3, -0.25) is 4.98 Å². The Morgan fingerprint density at radius 3 is 2.64 bits per heavy atom. The van der Waals surface area contributed by atoms with Crippen molar-refractivity contribution in [2.75, 3.05) is 24.8 Å². The predicted molar refractivity (Wildman–Crippen MR) is 103 cm³/mol. The molecule has 9 heteroatoms. The number of anilines is 2. The van der Waals surface area contributed by atoms with Gasteiger partial charge in [0.1, 0.15) is 11.5 Å². The van der Waals surface area contributed by atoms with Crippen LogP contribution in [0.25, 0.3) is 22.0 Å². The number of nitrogens with two attached hydrogens (primary N) is 1. The summed E-state index contributed by atoms with van der Waals surface area (Å²) >= 11 is 0. The molecule has 0 spiro atoms. The largest absolute Gasteiger partial charge is 0.496 e. The molecule has 3 rings (SSSR count). The van der Waals surface area contributed by atoms with Crippen LogP contribution in [0.2, 0.25) is 0 Å². The van der Waals surface area contributed by atoms with E-state index in [1.165, 1.54) is 6.20 Å². The topological polar surface area (TPSA) is 95.4 Å². The zero-order valence-corrected chi connectivity index (χ0v) is 16.0. The lowest BCUT2D eigenvalue weighted by Gasteiger charge is -2.19. The van der Waals surface area contributed by atoms with Crippen molar-refractivity contribution in [1.82, 2.24) is 10.1 Å². The van der Waals surface area contributed by atoms with E-state index >= 15 is 0 Å². The quantitative estimate of drug-likeness (QED) is 0.624. The second-order valence-corrected chi connectivity index (χ2v) is 6.50. The van der Waals surface area contributed by atoms with Crippen LogP contribution in [-0.4, -0.2) is 36.5 Å². The maximum Gasteiger partial charge on any atom is 0.345 e. The van der Waals surface area contributed by atoms with Gasteiger partial charge in [-0.05, 0) is 32.9 Å². The summed E-state index contributed by atoms with van der Waals surface area (Å²) < 4.78 is 39.8. The number of alkyl halides is 2. The third kappa shape index (κ3) is 3.84. The first kappa shape index (κ1) is 19.8. The number of hydrogen-bond donors (Lipinski definition) is 2. The van der Waals surface area contributed by atoms with Crippen molar-refractivity contribution in [1.29, 1.82) is 0 Å². The highest BCUT2D eigenvalue weighted by Crippen LogP contribution is 2.40. The monoisotopic (exact) mass is 392 g/mol. The van der Waals surface area contributed by atoms with Gasteiger partial charge in [0.2, 0.25) is 0 Å². The average Bonchev–Trinajstić information content (AvgIpc) is 2.99. The minimum Gasteiger partial charge on any atom is -0.496 e. The minimum atomic E-state index is -2.83. The molecule has 0 amide bonds. The highest BCUT2D eigenvalue weighted by atomic mass is 19.3. The molecule has 0 aliphatic carbocycles. The molecule has 0 saturated heterocycles. The number of aryl methyl sites for hydroxylation is 2. The number of nitrogen functional groups attached to an aromatic ring is 1. The summed E-state index contributed by atoms with van der Waals surface area (Å²) in [5.74, 6) is 1.26. The van der Waals surface area contributed by atoms with Gasteiger partial charge in [-0.15, -0.1) is 0 Å². The molecule has 3 aromatic rings. The molecule has 1 atom stereocenters. The molecule has 0 fully saturated rings. The summed E-state index contributed by atoms with van der Waals surface area (Å²) in [4.78, 5) is 4.41. The zero-order chi connectivity index (χ0) is 20.4. The lowest BCUT2D eigenvalue weighted by atomic mass is 10.00. The number of halogens is 2. The molecular weight excluding hydrogens is 370 g/mol. The van der Waals surface area contributed by atoms with Gasteiger partial charge in [0.05, 0.1) is 48.1 Å². The first-order chi connectivity index (χ1) is 13.3. The van der Waals surface area contributed by atoms with E-state index in [2.05, 4.69) is 20.2 Å². The number of pyridine rings is 1. The number of aromatic nitrogens is 2. The maximum absolute atomic E-state index is 12.3. The minimum absolute atomic E-state index is 0.171. The molecule has 1 aromatic carbocycles. The summed E-state index contributed by atoms with van der Waals surface area (Å²) in [5, 5.41) is 7.83. The summed E-state index contributed by atoms with van der Waals surface area (Å²) in [5.41, 5.74) is 10.1. The third-order valence-electron chi connectivity index (χ3n) is 4.38. The van der Waals surface area contributed by atoms with Crippen LogP contribution in [0, 0.1) is 13.8 Å². The normalized spacial score (nSPS) is 12.5. The van der Waals surface area contributed by atoms with Gasteiger partial charge in [0.25, 0.3) is 0 Å². The van der Waals surface area contributed by atoms with E-state index < -0.39 is 12.7 Å². The SMILES string of the molecule is COc1cc2c(N[C@H](C)COC(F)F)c(N)cnc2cc1-c1c(C)noc1C. The molecule has 2 heterocycles. The van der Waals surface area contributed by atoms with Gasteiger partial charge in [0, 0.05) is 17.0 Å². The van der Waals surface area contributed by atoms with Crippen molar-refractivity contribution in [3.63, 3.8) is 0 Å². The zero-order valence-electron chi connectivity index (χ0n) is 16.0. The molecule has 7 nitrogen and oxygen atoms in total. The van der Waals surface area contributed by atoms with Crippen LogP contribution in [0.3, 0.4) is 0 Å². The van der Waals surface area contributed by atoms with Crippen molar-refractivity contribution in [3.05, 3.63) is 29.8 Å². The fraction of sp³-hybridized carbons (Fsp3) is 0.368. The molecule has 0 saturated carbocycles. The van der Waals surface area contributed by atoms with Crippen LogP contribution in [0.4, 0.5) is 20.2 Å². The van der Waals surface area contributed by atoms with E-state index in [-0.39, 0.29) is 6.61 Å². The number of fused-ring (bicyclic) bond motifs is 1. The summed E-state index contributed by atoms with van der Waals surface area (Å²) in [7, 11) is 1.56. The number of benzene rings is 1. The van der Waals surface area contributed by atoms with Crippen molar-refractivity contribution < 1.29 is 22.8 Å². The third-order valence-corrected chi connectivity index (χ3v) is 4.38. The number of ether oxygens (including phenoxy) is 2.